The van der Waals surface area contributed by atoms with Crippen LogP contribution in [0, 0.1) is 0 Å². The van der Waals surface area contributed by atoms with Crippen molar-refractivity contribution in [3.63, 3.8) is 0 Å². The van der Waals surface area contributed by atoms with Gasteiger partial charge in [0.25, 0.3) is 0 Å². The van der Waals surface area contributed by atoms with Crippen LogP contribution >= 0.6 is 11.3 Å². The highest BCUT2D eigenvalue weighted by atomic mass is 32.1. The van der Waals surface area contributed by atoms with E-state index in [1.807, 2.05) is 0 Å². The van der Waals surface area contributed by atoms with Crippen LogP contribution in [0.3, 0.4) is 0 Å². The zero-order valence-corrected chi connectivity index (χ0v) is 8.84. The predicted octanol–water partition coefficient (Wildman–Crippen LogP) is 1.18. The topological polar surface area (TPSA) is 42.4 Å². The summed E-state index contributed by atoms with van der Waals surface area (Å²) >= 11 is 1.52. The van der Waals surface area contributed by atoms with Gasteiger partial charge in [0.2, 0.25) is 0 Å². The molecule has 76 valence electrons. The molecule has 0 spiro atoms. The van der Waals surface area contributed by atoms with Gasteiger partial charge < -0.3 is 9.64 Å². The molecule has 0 aliphatic carbocycles. The third kappa shape index (κ3) is 1.78. The molecule has 0 unspecified atom stereocenters. The van der Waals surface area contributed by atoms with E-state index in [4.69, 9.17) is 4.74 Å². The van der Waals surface area contributed by atoms with Gasteiger partial charge in [0.15, 0.2) is 5.78 Å². The van der Waals surface area contributed by atoms with E-state index in [1.165, 1.54) is 11.3 Å². The molecule has 2 rings (SSSR count). The van der Waals surface area contributed by atoms with Crippen LogP contribution in [0.4, 0.5) is 5.00 Å². The van der Waals surface area contributed by atoms with Gasteiger partial charge in [-0.15, -0.1) is 11.3 Å². The molecule has 0 radical (unpaired) electrons. The van der Waals surface area contributed by atoms with Crippen LogP contribution in [0.2, 0.25) is 0 Å². The number of thiazole rings is 1. The number of Topliss-reactive ketones (excluding diaryl/α,β-unsaturated/α-hetero) is 1. The average Bonchev–Trinajstić information content (AvgIpc) is 2.67. The molecule has 1 aromatic heterocycles. The second-order valence-corrected chi connectivity index (χ2v) is 3.99. The van der Waals surface area contributed by atoms with Crippen LogP contribution in [0.5, 0.6) is 0 Å². The maximum Gasteiger partial charge on any atom is 0.181 e. The minimum absolute atomic E-state index is 0.0349. The molecule has 5 heteroatoms. The largest absolute Gasteiger partial charge is 0.378 e. The van der Waals surface area contributed by atoms with Crippen molar-refractivity contribution in [2.45, 2.75) is 6.92 Å². The van der Waals surface area contributed by atoms with E-state index in [-0.39, 0.29) is 5.78 Å². The van der Waals surface area contributed by atoms with E-state index >= 15 is 0 Å². The molecule has 1 fully saturated rings. The van der Waals surface area contributed by atoms with Gasteiger partial charge in [0, 0.05) is 20.0 Å². The van der Waals surface area contributed by atoms with Gasteiger partial charge in [-0.25, -0.2) is 4.98 Å². The standard InChI is InChI=1S/C9H12N2O2S/c1-7(12)8-9(14-6-10-8)11-2-4-13-5-3-11/h6H,2-5H2,1H3. The van der Waals surface area contributed by atoms with E-state index in [2.05, 4.69) is 9.88 Å². The average molecular weight is 212 g/mol. The van der Waals surface area contributed by atoms with Crippen molar-refractivity contribution in [1.82, 2.24) is 4.98 Å². The fourth-order valence-electron chi connectivity index (χ4n) is 1.47. The van der Waals surface area contributed by atoms with Crippen molar-refractivity contribution in [3.05, 3.63) is 11.2 Å². The molecular formula is C9H12N2O2S. The number of ether oxygens (including phenoxy) is 1. The normalized spacial score (nSPS) is 17.1. The fraction of sp³-hybridized carbons (Fsp3) is 0.556. The second kappa shape index (κ2) is 4.06. The van der Waals surface area contributed by atoms with Crippen LogP contribution < -0.4 is 4.90 Å². The lowest BCUT2D eigenvalue weighted by atomic mass is 10.3. The van der Waals surface area contributed by atoms with Crippen molar-refractivity contribution in [1.29, 1.82) is 0 Å². The first-order valence-corrected chi connectivity index (χ1v) is 5.44. The molecule has 0 N–H and O–H groups in total. The summed E-state index contributed by atoms with van der Waals surface area (Å²) in [6.45, 7) is 4.72. The van der Waals surface area contributed by atoms with Gasteiger partial charge in [0.1, 0.15) is 10.7 Å². The van der Waals surface area contributed by atoms with E-state index in [0.29, 0.717) is 5.69 Å². The summed E-state index contributed by atoms with van der Waals surface area (Å²) < 4.78 is 5.26. The second-order valence-electron chi connectivity index (χ2n) is 3.16. The minimum atomic E-state index is 0.0349. The van der Waals surface area contributed by atoms with Gasteiger partial charge in [0.05, 0.1) is 18.7 Å². The molecule has 1 aliphatic rings. The number of rotatable bonds is 2. The summed E-state index contributed by atoms with van der Waals surface area (Å²) in [5.74, 6) is 0.0349. The molecule has 2 heterocycles. The first kappa shape index (κ1) is 9.61. The Balaban J connectivity index is 2.21. The maximum atomic E-state index is 11.3. The predicted molar refractivity (Wildman–Crippen MR) is 55.2 cm³/mol. The van der Waals surface area contributed by atoms with Crippen LogP contribution in [-0.2, 0) is 4.74 Å². The fourth-order valence-corrected chi connectivity index (χ4v) is 2.37. The highest BCUT2D eigenvalue weighted by molar-refractivity contribution is 7.14. The number of ketones is 1. The molecule has 1 saturated heterocycles. The van der Waals surface area contributed by atoms with E-state index < -0.39 is 0 Å². The van der Waals surface area contributed by atoms with Crippen LogP contribution in [-0.4, -0.2) is 37.1 Å². The lowest BCUT2D eigenvalue weighted by Gasteiger charge is -2.27. The van der Waals surface area contributed by atoms with Gasteiger partial charge in [-0.2, -0.15) is 0 Å². The molecule has 1 aliphatic heterocycles. The molecule has 0 saturated carbocycles. The van der Waals surface area contributed by atoms with Crippen molar-refractivity contribution in [3.8, 4) is 0 Å². The van der Waals surface area contributed by atoms with Crippen molar-refractivity contribution in [2.75, 3.05) is 31.2 Å². The lowest BCUT2D eigenvalue weighted by molar-refractivity contribution is 0.101. The first-order valence-electron chi connectivity index (χ1n) is 4.56. The van der Waals surface area contributed by atoms with E-state index in [1.54, 1.807) is 12.4 Å². The number of hydrogen-bond donors (Lipinski definition) is 0. The molecular weight excluding hydrogens is 200 g/mol. The Morgan fingerprint density at radius 3 is 2.93 bits per heavy atom. The lowest BCUT2D eigenvalue weighted by Crippen LogP contribution is -2.36. The molecule has 1 aromatic rings. The van der Waals surface area contributed by atoms with Gasteiger partial charge in [-0.1, -0.05) is 0 Å². The summed E-state index contributed by atoms with van der Waals surface area (Å²) in [5, 5.41) is 0.987. The van der Waals surface area contributed by atoms with Crippen LogP contribution in [0.1, 0.15) is 17.4 Å². The molecule has 0 bridgehead atoms. The quantitative estimate of drug-likeness (QED) is 0.690. The Labute approximate surface area is 86.5 Å². The highest BCUT2D eigenvalue weighted by Gasteiger charge is 2.19. The highest BCUT2D eigenvalue weighted by Crippen LogP contribution is 2.26. The Hall–Kier alpha value is -0.940. The number of anilines is 1. The van der Waals surface area contributed by atoms with Crippen LogP contribution in [0.15, 0.2) is 5.51 Å². The van der Waals surface area contributed by atoms with E-state index in [0.717, 1.165) is 31.3 Å². The van der Waals surface area contributed by atoms with Gasteiger partial charge >= 0.3 is 0 Å². The molecule has 0 amide bonds. The van der Waals surface area contributed by atoms with Crippen molar-refractivity contribution in [2.24, 2.45) is 0 Å². The molecule has 0 aromatic carbocycles. The minimum Gasteiger partial charge on any atom is -0.378 e. The zero-order chi connectivity index (χ0) is 9.97. The molecule has 14 heavy (non-hydrogen) atoms. The summed E-state index contributed by atoms with van der Waals surface area (Å²) in [4.78, 5) is 17.5. The van der Waals surface area contributed by atoms with Gasteiger partial charge in [-0.05, 0) is 0 Å². The third-order valence-electron chi connectivity index (χ3n) is 2.18. The Morgan fingerprint density at radius 1 is 1.57 bits per heavy atom. The summed E-state index contributed by atoms with van der Waals surface area (Å²) in [5.41, 5.74) is 2.32. The van der Waals surface area contributed by atoms with Gasteiger partial charge in [-0.3, -0.25) is 4.79 Å². The summed E-state index contributed by atoms with van der Waals surface area (Å²) in [7, 11) is 0. The maximum absolute atomic E-state index is 11.3. The number of aromatic nitrogens is 1. The summed E-state index contributed by atoms with van der Waals surface area (Å²) in [6, 6.07) is 0. The van der Waals surface area contributed by atoms with Crippen LogP contribution in [0.25, 0.3) is 0 Å². The first-order chi connectivity index (χ1) is 6.79. The Kier molecular flexibility index (Phi) is 2.79. The third-order valence-corrected chi connectivity index (χ3v) is 3.07. The Bertz CT molecular complexity index is 331. The number of nitrogens with zero attached hydrogens (tertiary/aromatic N) is 2. The Morgan fingerprint density at radius 2 is 2.29 bits per heavy atom. The SMILES string of the molecule is CC(=O)c1ncsc1N1CCOCC1. The zero-order valence-electron chi connectivity index (χ0n) is 8.02. The number of morpholine rings is 1. The number of hydrogen-bond acceptors (Lipinski definition) is 5. The molecule has 4 nitrogen and oxygen atoms in total. The van der Waals surface area contributed by atoms with Crippen molar-refractivity contribution < 1.29 is 9.53 Å². The smallest absolute Gasteiger partial charge is 0.181 e. The van der Waals surface area contributed by atoms with Crippen molar-refractivity contribution >= 4 is 22.1 Å². The molecule has 0 atom stereocenters. The number of carbonyl (C=O) groups is 1. The number of carbonyl (C=O) groups excluding carboxylic acids is 1. The summed E-state index contributed by atoms with van der Waals surface area (Å²) in [6.07, 6.45) is 0. The monoisotopic (exact) mass is 212 g/mol. The van der Waals surface area contributed by atoms with E-state index in [9.17, 15) is 4.79 Å².